The van der Waals surface area contributed by atoms with Crippen molar-refractivity contribution in [2.24, 2.45) is 0 Å². The summed E-state index contributed by atoms with van der Waals surface area (Å²) in [5, 5.41) is 9.93. The van der Waals surface area contributed by atoms with Crippen molar-refractivity contribution < 1.29 is 19.1 Å². The summed E-state index contributed by atoms with van der Waals surface area (Å²) in [5.41, 5.74) is 2.67. The van der Waals surface area contributed by atoms with Crippen LogP contribution in [0.3, 0.4) is 0 Å². The Balaban J connectivity index is 1.42. The van der Waals surface area contributed by atoms with Crippen LogP contribution in [0.2, 0.25) is 0 Å². The van der Waals surface area contributed by atoms with E-state index in [1.807, 2.05) is 55.8 Å². The summed E-state index contributed by atoms with van der Waals surface area (Å²) < 4.78 is 10.7. The first kappa shape index (κ1) is 25.4. The standard InChI is InChI=1S/C25H35N3O4S/c1-25(2,3)32-24(30)27-22-18-33-17-21(22)15-23(29)20-7-5-19(6-8-20)16-26-9-4-10-28-11-13-31-14-12-28/h5-8,17-18,26H,4,9-16H2,1-3H3,(H,27,30). The number of anilines is 1. The molecule has 0 saturated carbocycles. The number of morpholine rings is 1. The van der Waals surface area contributed by atoms with E-state index in [0.29, 0.717) is 11.3 Å². The van der Waals surface area contributed by atoms with E-state index in [1.165, 1.54) is 11.3 Å². The van der Waals surface area contributed by atoms with Gasteiger partial charge in [-0.1, -0.05) is 24.3 Å². The molecule has 33 heavy (non-hydrogen) atoms. The van der Waals surface area contributed by atoms with Crippen LogP contribution in [-0.2, 0) is 22.4 Å². The lowest BCUT2D eigenvalue weighted by Crippen LogP contribution is -2.37. The molecule has 0 unspecified atom stereocenters. The molecule has 1 fully saturated rings. The lowest BCUT2D eigenvalue weighted by Gasteiger charge is -2.26. The van der Waals surface area contributed by atoms with E-state index in [9.17, 15) is 9.59 Å². The smallest absolute Gasteiger partial charge is 0.412 e. The van der Waals surface area contributed by atoms with E-state index in [-0.39, 0.29) is 12.2 Å². The fraction of sp³-hybridized carbons (Fsp3) is 0.520. The molecule has 7 nitrogen and oxygen atoms in total. The molecule has 0 bridgehead atoms. The predicted octanol–water partition coefficient (Wildman–Crippen LogP) is 4.33. The molecule has 2 heterocycles. The van der Waals surface area contributed by atoms with Crippen LogP contribution in [0.1, 0.15) is 48.7 Å². The van der Waals surface area contributed by atoms with Gasteiger partial charge in [0.2, 0.25) is 0 Å². The number of carbonyl (C=O) groups is 2. The van der Waals surface area contributed by atoms with Crippen LogP contribution >= 0.6 is 11.3 Å². The molecule has 1 saturated heterocycles. The van der Waals surface area contributed by atoms with E-state index in [4.69, 9.17) is 9.47 Å². The quantitative estimate of drug-likeness (QED) is 0.395. The fourth-order valence-corrected chi connectivity index (χ4v) is 4.34. The normalized spacial score (nSPS) is 14.8. The number of nitrogens with one attached hydrogen (secondary N) is 2. The Kier molecular flexibility index (Phi) is 9.43. The minimum Gasteiger partial charge on any atom is -0.444 e. The first-order chi connectivity index (χ1) is 15.8. The molecule has 1 aromatic carbocycles. The average molecular weight is 474 g/mol. The zero-order valence-electron chi connectivity index (χ0n) is 19.8. The van der Waals surface area contributed by atoms with Gasteiger partial charge in [0.25, 0.3) is 0 Å². The highest BCUT2D eigenvalue weighted by Gasteiger charge is 2.18. The summed E-state index contributed by atoms with van der Waals surface area (Å²) in [6.45, 7) is 12.0. The van der Waals surface area contributed by atoms with E-state index < -0.39 is 11.7 Å². The van der Waals surface area contributed by atoms with E-state index in [0.717, 1.165) is 63.5 Å². The van der Waals surface area contributed by atoms with Crippen molar-refractivity contribution in [1.29, 1.82) is 0 Å². The largest absolute Gasteiger partial charge is 0.444 e. The van der Waals surface area contributed by atoms with Gasteiger partial charge < -0.3 is 14.8 Å². The summed E-state index contributed by atoms with van der Waals surface area (Å²) >= 11 is 1.45. The van der Waals surface area contributed by atoms with Crippen LogP contribution in [-0.4, -0.2) is 61.8 Å². The minimum absolute atomic E-state index is 0.0191. The number of ketones is 1. The first-order valence-electron chi connectivity index (χ1n) is 11.5. The Hall–Kier alpha value is -2.26. The molecule has 0 radical (unpaired) electrons. The first-order valence-corrected chi connectivity index (χ1v) is 12.4. The lowest BCUT2D eigenvalue weighted by atomic mass is 10.0. The van der Waals surface area contributed by atoms with Crippen LogP contribution < -0.4 is 10.6 Å². The third kappa shape index (κ3) is 8.89. The highest BCUT2D eigenvalue weighted by atomic mass is 32.1. The van der Waals surface area contributed by atoms with Crippen LogP contribution in [0.4, 0.5) is 10.5 Å². The lowest BCUT2D eigenvalue weighted by molar-refractivity contribution is 0.0374. The molecule has 2 aromatic rings. The van der Waals surface area contributed by atoms with E-state index in [2.05, 4.69) is 15.5 Å². The van der Waals surface area contributed by atoms with Gasteiger partial charge in [0.05, 0.1) is 18.9 Å². The maximum atomic E-state index is 12.8. The molecular formula is C25H35N3O4S. The topological polar surface area (TPSA) is 79.9 Å². The van der Waals surface area contributed by atoms with Gasteiger partial charge in [-0.05, 0) is 56.8 Å². The molecule has 1 aromatic heterocycles. The van der Waals surface area contributed by atoms with Gasteiger partial charge in [0, 0.05) is 37.0 Å². The Labute approximate surface area is 200 Å². The number of hydrogen-bond acceptors (Lipinski definition) is 7. The second-order valence-corrected chi connectivity index (χ2v) is 9.96. The zero-order chi connectivity index (χ0) is 23.7. The summed E-state index contributed by atoms with van der Waals surface area (Å²) in [5.74, 6) is 0.0191. The zero-order valence-corrected chi connectivity index (χ0v) is 20.6. The van der Waals surface area contributed by atoms with Crippen molar-refractivity contribution in [1.82, 2.24) is 10.2 Å². The maximum absolute atomic E-state index is 12.8. The molecule has 1 aliphatic rings. The summed E-state index contributed by atoms with van der Waals surface area (Å²) in [6.07, 6.45) is 0.821. The second kappa shape index (κ2) is 12.3. The molecule has 1 aliphatic heterocycles. The molecule has 0 spiro atoms. The number of Topliss-reactive ketones (excluding diaryl/α,β-unsaturated/α-hetero) is 1. The molecule has 1 amide bonds. The third-order valence-electron chi connectivity index (χ3n) is 5.27. The molecule has 0 atom stereocenters. The second-order valence-electron chi connectivity index (χ2n) is 9.22. The molecule has 2 N–H and O–H groups in total. The summed E-state index contributed by atoms with van der Waals surface area (Å²) in [6, 6.07) is 7.74. The van der Waals surface area contributed by atoms with Gasteiger partial charge in [0.1, 0.15) is 5.60 Å². The van der Waals surface area contributed by atoms with Crippen LogP contribution in [0.5, 0.6) is 0 Å². The van der Waals surface area contributed by atoms with Crippen LogP contribution in [0.25, 0.3) is 0 Å². The molecule has 8 heteroatoms. The highest BCUT2D eigenvalue weighted by molar-refractivity contribution is 7.08. The number of thiophene rings is 1. The number of rotatable bonds is 10. The van der Waals surface area contributed by atoms with Crippen molar-refractivity contribution in [2.75, 3.05) is 44.7 Å². The van der Waals surface area contributed by atoms with E-state index >= 15 is 0 Å². The third-order valence-corrected chi connectivity index (χ3v) is 6.06. The van der Waals surface area contributed by atoms with Gasteiger partial charge >= 0.3 is 6.09 Å². The molecular weight excluding hydrogens is 438 g/mol. The van der Waals surface area contributed by atoms with Crippen molar-refractivity contribution >= 4 is 28.9 Å². The number of ether oxygens (including phenoxy) is 2. The van der Waals surface area contributed by atoms with Crippen molar-refractivity contribution in [3.05, 3.63) is 51.7 Å². The Morgan fingerprint density at radius 2 is 1.85 bits per heavy atom. The van der Waals surface area contributed by atoms with Crippen molar-refractivity contribution in [2.45, 2.75) is 45.8 Å². The predicted molar refractivity (Wildman–Crippen MR) is 132 cm³/mol. The van der Waals surface area contributed by atoms with Crippen LogP contribution in [0, 0.1) is 0 Å². The summed E-state index contributed by atoms with van der Waals surface area (Å²) in [4.78, 5) is 27.3. The van der Waals surface area contributed by atoms with Gasteiger partial charge in [-0.3, -0.25) is 15.0 Å². The van der Waals surface area contributed by atoms with Gasteiger partial charge in [-0.2, -0.15) is 0 Å². The highest BCUT2D eigenvalue weighted by Crippen LogP contribution is 2.24. The molecule has 0 aliphatic carbocycles. The van der Waals surface area contributed by atoms with Crippen LogP contribution in [0.15, 0.2) is 35.0 Å². The van der Waals surface area contributed by atoms with Gasteiger partial charge in [0.15, 0.2) is 5.78 Å². The molecule has 3 rings (SSSR count). The van der Waals surface area contributed by atoms with E-state index in [1.54, 1.807) is 0 Å². The Bertz CT molecular complexity index is 899. The Morgan fingerprint density at radius 1 is 1.12 bits per heavy atom. The number of benzene rings is 1. The monoisotopic (exact) mass is 473 g/mol. The summed E-state index contributed by atoms with van der Waals surface area (Å²) in [7, 11) is 0. The Morgan fingerprint density at radius 3 is 2.55 bits per heavy atom. The van der Waals surface area contributed by atoms with Crippen molar-refractivity contribution in [3.8, 4) is 0 Å². The number of nitrogens with zero attached hydrogens (tertiary/aromatic N) is 1. The SMILES string of the molecule is CC(C)(C)OC(=O)Nc1cscc1CC(=O)c1ccc(CNCCCN2CCOCC2)cc1. The van der Waals surface area contributed by atoms with Gasteiger partial charge in [-0.25, -0.2) is 4.79 Å². The van der Waals surface area contributed by atoms with Crippen molar-refractivity contribution in [3.63, 3.8) is 0 Å². The number of amides is 1. The molecule has 180 valence electrons. The fourth-order valence-electron chi connectivity index (χ4n) is 3.55. The van der Waals surface area contributed by atoms with Gasteiger partial charge in [-0.15, -0.1) is 11.3 Å². The number of hydrogen-bond donors (Lipinski definition) is 2. The average Bonchev–Trinajstić information content (AvgIpc) is 3.19. The number of carbonyl (C=O) groups excluding carboxylic acids is 2. The maximum Gasteiger partial charge on any atom is 0.412 e. The minimum atomic E-state index is -0.574.